The first-order chi connectivity index (χ1) is 17.4. The van der Waals surface area contributed by atoms with Crippen LogP contribution in [-0.2, 0) is 9.47 Å². The summed E-state index contributed by atoms with van der Waals surface area (Å²) in [6.45, 7) is 6.59. The maximum atomic E-state index is 6.69. The zero-order valence-corrected chi connectivity index (χ0v) is 25.7. The Morgan fingerprint density at radius 3 is 1.43 bits per heavy atom. The van der Waals surface area contributed by atoms with E-state index < -0.39 is 21.0 Å². The molecule has 1 aliphatic heterocycles. The zero-order chi connectivity index (χ0) is 25.0. The van der Waals surface area contributed by atoms with Crippen molar-refractivity contribution in [3.8, 4) is 0 Å². The highest BCUT2D eigenvalue weighted by Crippen LogP contribution is 2.55. The van der Waals surface area contributed by atoms with E-state index in [-0.39, 0.29) is 36.2 Å². The molecular weight excluding hydrogens is 605 g/mol. The summed E-state index contributed by atoms with van der Waals surface area (Å²) in [5.74, 6) is -0.595. The van der Waals surface area contributed by atoms with E-state index in [4.69, 9.17) is 9.47 Å². The predicted molar refractivity (Wildman–Crippen MR) is 158 cm³/mol. The molecule has 37 heavy (non-hydrogen) atoms. The summed E-state index contributed by atoms with van der Waals surface area (Å²) in [4.78, 5) is 0. The van der Waals surface area contributed by atoms with E-state index >= 15 is 0 Å². The molecule has 2 nitrogen and oxygen atoms in total. The monoisotopic (exact) mass is 640 g/mol. The Balaban J connectivity index is 0.00000320. The van der Waals surface area contributed by atoms with Gasteiger partial charge in [-0.1, -0.05) is 97.1 Å². The maximum Gasteiger partial charge on any atom is 0.163 e. The van der Waals surface area contributed by atoms with Gasteiger partial charge in [-0.25, -0.2) is 0 Å². The second kappa shape index (κ2) is 12.5. The number of hydrogen-bond donors (Lipinski definition) is 0. The van der Waals surface area contributed by atoms with E-state index in [9.17, 15) is 0 Å². The molecule has 0 spiro atoms. The lowest BCUT2D eigenvalue weighted by atomic mass is 10.3. The number of halogens is 1. The molecule has 1 fully saturated rings. The van der Waals surface area contributed by atoms with Crippen molar-refractivity contribution in [1.29, 1.82) is 0 Å². The molecule has 5 rings (SSSR count). The van der Waals surface area contributed by atoms with Gasteiger partial charge in [0.1, 0.15) is 6.10 Å². The molecule has 2 atom stereocenters. The van der Waals surface area contributed by atoms with Gasteiger partial charge in [-0.15, -0.1) is 0 Å². The second-order valence-electron chi connectivity index (χ2n) is 10.0. The molecule has 192 valence electrons. The zero-order valence-electron chi connectivity index (χ0n) is 21.7. The van der Waals surface area contributed by atoms with Crippen LogP contribution < -0.4 is 45.2 Å². The molecular formula is C32H35IO2P2. The van der Waals surface area contributed by atoms with Crippen LogP contribution in [0.25, 0.3) is 0 Å². The van der Waals surface area contributed by atoms with E-state index in [2.05, 4.69) is 142 Å². The first-order valence-corrected chi connectivity index (χ1v) is 16.6. The van der Waals surface area contributed by atoms with Crippen LogP contribution in [0.5, 0.6) is 0 Å². The Bertz CT molecular complexity index is 1160. The first-order valence-electron chi connectivity index (χ1n) is 12.6. The van der Waals surface area contributed by atoms with Gasteiger partial charge in [-0.2, -0.15) is 0 Å². The Morgan fingerprint density at radius 1 is 0.622 bits per heavy atom. The number of ether oxygens (including phenoxy) is 2. The van der Waals surface area contributed by atoms with Crippen LogP contribution in [0.15, 0.2) is 121 Å². The number of benzene rings is 4. The molecule has 0 aromatic heterocycles. The molecule has 1 aliphatic rings. The van der Waals surface area contributed by atoms with Crippen LogP contribution in [0.1, 0.15) is 13.8 Å². The van der Waals surface area contributed by atoms with Crippen molar-refractivity contribution in [2.75, 3.05) is 19.0 Å². The van der Waals surface area contributed by atoms with Crippen molar-refractivity contribution in [3.63, 3.8) is 0 Å². The molecule has 0 saturated carbocycles. The summed E-state index contributed by atoms with van der Waals surface area (Å²) in [5, 5.41) is 5.59. The molecule has 0 N–H and O–H groups in total. The molecule has 0 radical (unpaired) electrons. The smallest absolute Gasteiger partial charge is 0.163 e. The van der Waals surface area contributed by atoms with Gasteiger partial charge in [-0.05, 0) is 56.6 Å². The molecule has 0 amide bonds. The lowest BCUT2D eigenvalue weighted by molar-refractivity contribution is -0.142. The quantitative estimate of drug-likeness (QED) is 0.218. The second-order valence-corrected chi connectivity index (χ2v) is 16.1. The van der Waals surface area contributed by atoms with Gasteiger partial charge in [0.05, 0.1) is 36.8 Å². The molecule has 0 bridgehead atoms. The van der Waals surface area contributed by atoms with E-state index in [0.29, 0.717) is 0 Å². The SMILES string of the molecule is CC1(C)O[C@@H](CP(c2ccccc2)c2ccccc2)[C@H](C[P+](C)(c2ccccc2)c2ccccc2)O1.[I-]. The number of rotatable bonds is 8. The molecule has 0 unspecified atom stereocenters. The Morgan fingerprint density at radius 2 is 1.00 bits per heavy atom. The van der Waals surface area contributed by atoms with Gasteiger partial charge in [0, 0.05) is 6.16 Å². The predicted octanol–water partition coefficient (Wildman–Crippen LogP) is 2.94. The van der Waals surface area contributed by atoms with Crippen molar-refractivity contribution in [1.82, 2.24) is 0 Å². The van der Waals surface area contributed by atoms with E-state index in [1.807, 2.05) is 0 Å². The van der Waals surface area contributed by atoms with Crippen molar-refractivity contribution >= 4 is 36.4 Å². The largest absolute Gasteiger partial charge is 1.00 e. The molecule has 5 heteroatoms. The molecule has 4 aromatic rings. The van der Waals surface area contributed by atoms with E-state index in [0.717, 1.165) is 12.3 Å². The Kier molecular flexibility index (Phi) is 9.59. The molecule has 4 aromatic carbocycles. The van der Waals surface area contributed by atoms with Crippen molar-refractivity contribution < 1.29 is 33.5 Å². The number of hydrogen-bond acceptors (Lipinski definition) is 2. The first kappa shape index (κ1) is 28.4. The minimum Gasteiger partial charge on any atom is -1.00 e. The minimum absolute atomic E-state index is 0. The highest BCUT2D eigenvalue weighted by molar-refractivity contribution is 7.89. The van der Waals surface area contributed by atoms with E-state index in [1.165, 1.54) is 21.2 Å². The van der Waals surface area contributed by atoms with Gasteiger partial charge < -0.3 is 33.5 Å². The third kappa shape index (κ3) is 6.70. The van der Waals surface area contributed by atoms with E-state index in [1.54, 1.807) is 0 Å². The van der Waals surface area contributed by atoms with Crippen molar-refractivity contribution in [2.45, 2.75) is 31.8 Å². The standard InChI is InChI=1S/C32H35O2P2.HI/c1-32(2)33-30(24-35(26-16-8-4-9-17-26)27-18-10-5-11-19-27)31(34-32)25-36(3,28-20-12-6-13-21-28)29-22-14-7-15-23-29;/h4-23,30-31H,24-25H2,1-3H3;1H/q+1;/p-1/t30-,31-;/m0./s1. The van der Waals surface area contributed by atoms with Crippen LogP contribution in [-0.4, -0.2) is 37.0 Å². The van der Waals surface area contributed by atoms with Crippen molar-refractivity contribution in [3.05, 3.63) is 121 Å². The summed E-state index contributed by atoms with van der Waals surface area (Å²) >= 11 is 0. The summed E-state index contributed by atoms with van der Waals surface area (Å²) in [6.07, 6.45) is 1.96. The summed E-state index contributed by atoms with van der Waals surface area (Å²) in [7, 11) is -2.27. The molecule has 0 aliphatic carbocycles. The van der Waals surface area contributed by atoms with Crippen LogP contribution >= 0.6 is 15.2 Å². The Labute approximate surface area is 240 Å². The minimum atomic E-state index is -1.70. The van der Waals surface area contributed by atoms with Crippen LogP contribution in [0.4, 0.5) is 0 Å². The fourth-order valence-electron chi connectivity index (χ4n) is 5.21. The average Bonchev–Trinajstić information content (AvgIpc) is 3.21. The van der Waals surface area contributed by atoms with Gasteiger partial charge in [-0.3, -0.25) is 0 Å². The third-order valence-electron chi connectivity index (χ3n) is 6.98. The maximum absolute atomic E-state index is 6.69. The van der Waals surface area contributed by atoms with Crippen molar-refractivity contribution in [2.24, 2.45) is 0 Å². The van der Waals surface area contributed by atoms with Crippen LogP contribution in [0.3, 0.4) is 0 Å². The Hall–Kier alpha value is -1.61. The molecule has 1 heterocycles. The van der Waals surface area contributed by atoms with Gasteiger partial charge >= 0.3 is 0 Å². The third-order valence-corrected chi connectivity index (χ3v) is 13.5. The topological polar surface area (TPSA) is 18.5 Å². The highest BCUT2D eigenvalue weighted by atomic mass is 127. The fourth-order valence-corrected chi connectivity index (χ4v) is 11.1. The van der Waals surface area contributed by atoms with Gasteiger partial charge in [0.15, 0.2) is 5.79 Å². The highest BCUT2D eigenvalue weighted by Gasteiger charge is 2.49. The molecule has 1 saturated heterocycles. The van der Waals surface area contributed by atoms with Gasteiger partial charge in [0.25, 0.3) is 0 Å². The fraction of sp³-hybridized carbons (Fsp3) is 0.250. The van der Waals surface area contributed by atoms with Crippen LogP contribution in [0, 0.1) is 0 Å². The van der Waals surface area contributed by atoms with Gasteiger partial charge in [0.2, 0.25) is 0 Å². The summed E-state index contributed by atoms with van der Waals surface area (Å²) < 4.78 is 13.4. The normalized spacial score (nSPS) is 18.9. The average molecular weight is 640 g/mol. The summed E-state index contributed by atoms with van der Waals surface area (Å²) in [5.41, 5.74) is 0. The lowest BCUT2D eigenvalue weighted by Gasteiger charge is -2.29. The lowest BCUT2D eigenvalue weighted by Crippen LogP contribution is -3.00. The summed E-state index contributed by atoms with van der Waals surface area (Å²) in [6, 6.07) is 43.8. The van der Waals surface area contributed by atoms with Crippen LogP contribution in [0.2, 0.25) is 0 Å².